The van der Waals surface area contributed by atoms with Gasteiger partial charge in [0.1, 0.15) is 0 Å². The molecule has 2 nitrogen and oxygen atoms in total. The van der Waals surface area contributed by atoms with Crippen molar-refractivity contribution in [2.75, 3.05) is 19.6 Å². The summed E-state index contributed by atoms with van der Waals surface area (Å²) in [6, 6.07) is 0. The molecule has 0 aliphatic carbocycles. The highest BCUT2D eigenvalue weighted by atomic mass is 14.9. The largest absolute Gasteiger partial charge is 0.317 e. The van der Waals surface area contributed by atoms with Gasteiger partial charge in [0, 0.05) is 12.5 Å². The van der Waals surface area contributed by atoms with Gasteiger partial charge in [-0.1, -0.05) is 0 Å². The summed E-state index contributed by atoms with van der Waals surface area (Å²) in [4.78, 5) is 3.37. The second-order valence-corrected chi connectivity index (χ2v) is 2.55. The van der Waals surface area contributed by atoms with Crippen molar-refractivity contribution in [3.05, 3.63) is 11.4 Å². The predicted octanol–water partition coefficient (Wildman–Crippen LogP) is 0.905. The van der Waals surface area contributed by atoms with Crippen LogP contribution in [-0.4, -0.2) is 19.6 Å². The molecule has 1 rings (SSSR count). The fourth-order valence-corrected chi connectivity index (χ4v) is 1.21. The van der Waals surface area contributed by atoms with Crippen LogP contribution in [-0.2, 0) is 0 Å². The second kappa shape index (κ2) is 3.47. The van der Waals surface area contributed by atoms with Crippen LogP contribution in [0.4, 0.5) is 0 Å². The molecule has 0 aromatic heterocycles. The van der Waals surface area contributed by atoms with Crippen LogP contribution in [0.3, 0.4) is 0 Å². The lowest BCUT2D eigenvalue weighted by atomic mass is 10.0. The van der Waals surface area contributed by atoms with E-state index in [9.17, 15) is 0 Å². The summed E-state index contributed by atoms with van der Waals surface area (Å²) in [6.45, 7) is 9.56. The summed E-state index contributed by atoms with van der Waals surface area (Å²) in [5, 5.41) is 3.28. The zero-order valence-corrected chi connectivity index (χ0v) is 5.56. The fraction of sp³-hybridized carbons (Fsp3) is 0.857. The Morgan fingerprint density at radius 2 is 2.56 bits per heavy atom. The second-order valence-electron chi connectivity index (χ2n) is 2.55. The monoisotopic (exact) mass is 124 g/mol. The SMILES string of the molecule is [C-]#[N+]CC1CCCNC1. The zero-order valence-electron chi connectivity index (χ0n) is 5.56. The van der Waals surface area contributed by atoms with Crippen LogP contribution in [0, 0.1) is 12.5 Å². The minimum atomic E-state index is 0.635. The molecule has 2 heteroatoms. The molecule has 50 valence electrons. The van der Waals surface area contributed by atoms with Gasteiger partial charge in [-0.3, -0.25) is 0 Å². The van der Waals surface area contributed by atoms with Crippen LogP contribution in [0.2, 0.25) is 0 Å². The number of nitrogens with one attached hydrogen (secondary N) is 1. The highest BCUT2D eigenvalue weighted by Gasteiger charge is 2.14. The standard InChI is InChI=1S/C7H12N2/c1-8-5-7-3-2-4-9-6-7/h7,9H,2-6H2. The zero-order chi connectivity index (χ0) is 6.53. The Hall–Kier alpha value is -0.550. The van der Waals surface area contributed by atoms with Gasteiger partial charge in [-0.05, 0) is 19.4 Å². The van der Waals surface area contributed by atoms with E-state index < -0.39 is 0 Å². The molecule has 0 radical (unpaired) electrons. The Morgan fingerprint density at radius 3 is 3.11 bits per heavy atom. The van der Waals surface area contributed by atoms with Crippen LogP contribution in [0.15, 0.2) is 0 Å². The molecule has 1 saturated heterocycles. The molecule has 1 atom stereocenters. The Labute approximate surface area is 56.1 Å². The van der Waals surface area contributed by atoms with Crippen molar-refractivity contribution in [3.63, 3.8) is 0 Å². The molecule has 0 spiro atoms. The molecule has 1 unspecified atom stereocenters. The van der Waals surface area contributed by atoms with E-state index in [1.807, 2.05) is 0 Å². The third-order valence-electron chi connectivity index (χ3n) is 1.75. The van der Waals surface area contributed by atoms with E-state index in [1.165, 1.54) is 12.8 Å². The lowest BCUT2D eigenvalue weighted by Crippen LogP contribution is -2.30. The van der Waals surface area contributed by atoms with Crippen LogP contribution in [0.1, 0.15) is 12.8 Å². The quantitative estimate of drug-likeness (QED) is 0.514. The third kappa shape index (κ3) is 2.03. The Bertz CT molecular complexity index is 109. The van der Waals surface area contributed by atoms with Gasteiger partial charge in [-0.15, -0.1) is 0 Å². The van der Waals surface area contributed by atoms with Crippen molar-refractivity contribution in [2.24, 2.45) is 5.92 Å². The van der Waals surface area contributed by atoms with E-state index in [0.29, 0.717) is 12.5 Å². The van der Waals surface area contributed by atoms with Crippen molar-refractivity contribution in [3.8, 4) is 0 Å². The van der Waals surface area contributed by atoms with Crippen LogP contribution in [0.25, 0.3) is 4.85 Å². The molecule has 1 fully saturated rings. The van der Waals surface area contributed by atoms with Gasteiger partial charge in [-0.25, -0.2) is 6.57 Å². The summed E-state index contributed by atoms with van der Waals surface area (Å²) in [7, 11) is 0. The maximum Gasteiger partial charge on any atom is 0.218 e. The average Bonchev–Trinajstić information content (AvgIpc) is 1.91. The first-order valence-electron chi connectivity index (χ1n) is 3.47. The molecule has 0 amide bonds. The van der Waals surface area contributed by atoms with Gasteiger partial charge < -0.3 is 10.2 Å². The first kappa shape index (κ1) is 6.57. The van der Waals surface area contributed by atoms with Crippen molar-refractivity contribution < 1.29 is 0 Å². The first-order chi connectivity index (χ1) is 4.43. The summed E-state index contributed by atoms with van der Waals surface area (Å²) in [6.07, 6.45) is 2.50. The molecule has 9 heavy (non-hydrogen) atoms. The molecule has 1 aliphatic heterocycles. The molecule has 0 aromatic rings. The summed E-state index contributed by atoms with van der Waals surface area (Å²) >= 11 is 0. The van der Waals surface area contributed by atoms with E-state index in [4.69, 9.17) is 6.57 Å². The minimum Gasteiger partial charge on any atom is -0.317 e. The van der Waals surface area contributed by atoms with E-state index in [2.05, 4.69) is 10.2 Å². The normalized spacial score (nSPS) is 27.2. The maximum atomic E-state index is 6.64. The maximum absolute atomic E-state index is 6.64. The summed E-state index contributed by atoms with van der Waals surface area (Å²) in [5.41, 5.74) is 0. The molecule has 0 saturated carbocycles. The Balaban J connectivity index is 2.17. The molecule has 0 aromatic carbocycles. The number of rotatable bonds is 1. The molecule has 1 N–H and O–H groups in total. The molecular formula is C7H12N2. The summed E-state index contributed by atoms with van der Waals surface area (Å²) in [5.74, 6) is 0.635. The lowest BCUT2D eigenvalue weighted by Gasteiger charge is -2.17. The highest BCUT2D eigenvalue weighted by molar-refractivity contribution is 4.75. The van der Waals surface area contributed by atoms with Crippen LogP contribution in [0.5, 0.6) is 0 Å². The van der Waals surface area contributed by atoms with Crippen molar-refractivity contribution in [1.82, 2.24) is 5.32 Å². The number of nitrogens with zero attached hydrogens (tertiary/aromatic N) is 1. The van der Waals surface area contributed by atoms with Gasteiger partial charge >= 0.3 is 0 Å². The Morgan fingerprint density at radius 1 is 1.67 bits per heavy atom. The average molecular weight is 124 g/mol. The third-order valence-corrected chi connectivity index (χ3v) is 1.75. The van der Waals surface area contributed by atoms with E-state index >= 15 is 0 Å². The van der Waals surface area contributed by atoms with Gasteiger partial charge in [0.05, 0.1) is 0 Å². The van der Waals surface area contributed by atoms with Gasteiger partial charge in [0.15, 0.2) is 0 Å². The highest BCUT2D eigenvalue weighted by Crippen LogP contribution is 2.09. The van der Waals surface area contributed by atoms with E-state index in [-0.39, 0.29) is 0 Å². The number of hydrogen-bond donors (Lipinski definition) is 1. The lowest BCUT2D eigenvalue weighted by molar-refractivity contribution is 0.398. The van der Waals surface area contributed by atoms with Crippen molar-refractivity contribution >= 4 is 0 Å². The predicted molar refractivity (Wildman–Crippen MR) is 37.1 cm³/mol. The molecule has 1 heterocycles. The molecular weight excluding hydrogens is 112 g/mol. The van der Waals surface area contributed by atoms with Gasteiger partial charge in [0.25, 0.3) is 0 Å². The van der Waals surface area contributed by atoms with Crippen LogP contribution >= 0.6 is 0 Å². The number of piperidine rings is 1. The van der Waals surface area contributed by atoms with Gasteiger partial charge in [0.2, 0.25) is 6.54 Å². The van der Waals surface area contributed by atoms with Crippen LogP contribution < -0.4 is 5.32 Å². The topological polar surface area (TPSA) is 16.4 Å². The van der Waals surface area contributed by atoms with Gasteiger partial charge in [-0.2, -0.15) is 0 Å². The Kier molecular flexibility index (Phi) is 2.53. The van der Waals surface area contributed by atoms with E-state index in [0.717, 1.165) is 13.1 Å². The molecule has 1 aliphatic rings. The number of hydrogen-bond acceptors (Lipinski definition) is 1. The summed E-state index contributed by atoms with van der Waals surface area (Å²) < 4.78 is 0. The van der Waals surface area contributed by atoms with E-state index in [1.54, 1.807) is 0 Å². The fourth-order valence-electron chi connectivity index (χ4n) is 1.21. The smallest absolute Gasteiger partial charge is 0.218 e. The molecule has 0 bridgehead atoms. The first-order valence-corrected chi connectivity index (χ1v) is 3.47. The van der Waals surface area contributed by atoms with Crippen molar-refractivity contribution in [2.45, 2.75) is 12.8 Å². The van der Waals surface area contributed by atoms with Crippen molar-refractivity contribution in [1.29, 1.82) is 0 Å². The minimum absolute atomic E-state index is 0.635.